The van der Waals surface area contributed by atoms with Crippen LogP contribution in [0, 0.1) is 11.8 Å². The first kappa shape index (κ1) is 31.3. The zero-order valence-electron chi connectivity index (χ0n) is 23.5. The fourth-order valence-electron chi connectivity index (χ4n) is 4.29. The van der Waals surface area contributed by atoms with Crippen molar-refractivity contribution in [3.63, 3.8) is 0 Å². The second-order valence-electron chi connectivity index (χ2n) is 10.5. The SMILES string of the molecule is CC[C@H](C)C(NC(=O)[C@H](CC(C)C)NC(=O)O)C(=O)C(=O)NC(Cc1ccc2ccccc2c1)C(=O)N(C)C. The van der Waals surface area contributed by atoms with E-state index in [1.807, 2.05) is 63.2 Å². The number of carboxylic acid groups (broad SMARTS) is 1. The maximum atomic E-state index is 13.3. The van der Waals surface area contributed by atoms with Crippen molar-refractivity contribution >= 4 is 40.4 Å². The highest BCUT2D eigenvalue weighted by molar-refractivity contribution is 6.39. The van der Waals surface area contributed by atoms with Gasteiger partial charge in [-0.3, -0.25) is 19.2 Å². The Labute approximate surface area is 229 Å². The molecule has 2 aromatic rings. The van der Waals surface area contributed by atoms with Crippen molar-refractivity contribution in [2.24, 2.45) is 11.8 Å². The molecule has 2 unspecified atom stereocenters. The Bertz CT molecular complexity index is 1200. The number of likely N-dealkylation sites (N-methyl/N-ethyl adjacent to an activating group) is 1. The first-order valence-electron chi connectivity index (χ1n) is 13.2. The van der Waals surface area contributed by atoms with Crippen LogP contribution in [0.25, 0.3) is 10.8 Å². The summed E-state index contributed by atoms with van der Waals surface area (Å²) in [4.78, 5) is 65.0. The van der Waals surface area contributed by atoms with Gasteiger partial charge in [0.15, 0.2) is 0 Å². The maximum absolute atomic E-state index is 13.3. The van der Waals surface area contributed by atoms with Gasteiger partial charge < -0.3 is 26.0 Å². The van der Waals surface area contributed by atoms with Crippen molar-refractivity contribution in [1.29, 1.82) is 0 Å². The molecule has 0 aromatic heterocycles. The molecular weight excluding hydrogens is 500 g/mol. The van der Waals surface area contributed by atoms with E-state index in [4.69, 9.17) is 5.11 Å². The van der Waals surface area contributed by atoms with E-state index in [0.29, 0.717) is 6.42 Å². The summed E-state index contributed by atoms with van der Waals surface area (Å²) in [5.74, 6) is -3.37. The number of ketones is 1. The Kier molecular flexibility index (Phi) is 11.4. The van der Waals surface area contributed by atoms with Gasteiger partial charge in [-0.15, -0.1) is 0 Å². The quantitative estimate of drug-likeness (QED) is 0.288. The third-order valence-corrected chi connectivity index (χ3v) is 6.64. The molecule has 2 aromatic carbocycles. The molecule has 0 aliphatic rings. The molecule has 0 aliphatic carbocycles. The summed E-state index contributed by atoms with van der Waals surface area (Å²) in [5.41, 5.74) is 0.810. The summed E-state index contributed by atoms with van der Waals surface area (Å²) in [6.45, 7) is 7.21. The van der Waals surface area contributed by atoms with Crippen LogP contribution in [0.2, 0.25) is 0 Å². The average molecular weight is 541 g/mol. The summed E-state index contributed by atoms with van der Waals surface area (Å²) in [5, 5.41) is 18.5. The van der Waals surface area contributed by atoms with Crippen molar-refractivity contribution < 1.29 is 29.1 Å². The molecule has 4 atom stereocenters. The van der Waals surface area contributed by atoms with E-state index in [2.05, 4.69) is 16.0 Å². The lowest BCUT2D eigenvalue weighted by Gasteiger charge is -2.27. The van der Waals surface area contributed by atoms with Crippen molar-refractivity contribution in [3.8, 4) is 0 Å². The number of nitrogens with zero attached hydrogens (tertiary/aromatic N) is 1. The number of rotatable bonds is 13. The molecule has 0 saturated heterocycles. The predicted octanol–water partition coefficient (Wildman–Crippen LogP) is 2.74. The lowest BCUT2D eigenvalue weighted by molar-refractivity contribution is -0.143. The van der Waals surface area contributed by atoms with Gasteiger partial charge in [-0.1, -0.05) is 76.6 Å². The van der Waals surface area contributed by atoms with Crippen molar-refractivity contribution in [1.82, 2.24) is 20.9 Å². The normalized spacial score (nSPS) is 14.1. The molecule has 0 saturated carbocycles. The van der Waals surface area contributed by atoms with Crippen LogP contribution in [-0.2, 0) is 25.6 Å². The van der Waals surface area contributed by atoms with Crippen LogP contribution in [0.3, 0.4) is 0 Å². The molecule has 0 fully saturated rings. The number of Topliss-reactive ketones (excluding diaryl/α,β-unsaturated/α-hetero) is 1. The number of benzene rings is 2. The van der Waals surface area contributed by atoms with Gasteiger partial charge in [0.1, 0.15) is 12.1 Å². The standard InChI is InChI=1S/C29H40N4O6/c1-7-18(4)24(32-26(35)22(14-17(2)3)31-29(38)39)25(34)27(36)30-23(28(37)33(5)6)16-19-12-13-20-10-8-9-11-21(20)15-19/h8-13,15,17-18,22-24,31H,7,14,16H2,1-6H3,(H,30,36)(H,32,35)(H,38,39)/t18-,22-,23?,24?/m0/s1. The summed E-state index contributed by atoms with van der Waals surface area (Å²) < 4.78 is 0. The Morgan fingerprint density at radius 3 is 2.08 bits per heavy atom. The van der Waals surface area contributed by atoms with E-state index in [-0.39, 0.29) is 24.7 Å². The second-order valence-corrected chi connectivity index (χ2v) is 10.5. The van der Waals surface area contributed by atoms with E-state index >= 15 is 0 Å². The number of hydrogen-bond donors (Lipinski definition) is 4. The van der Waals surface area contributed by atoms with Gasteiger partial charge in [0.05, 0.1) is 6.04 Å². The van der Waals surface area contributed by atoms with Gasteiger partial charge in [-0.05, 0) is 34.6 Å². The molecule has 39 heavy (non-hydrogen) atoms. The first-order valence-corrected chi connectivity index (χ1v) is 13.2. The Hall–Kier alpha value is -3.95. The number of carbonyl (C=O) groups is 5. The number of nitrogens with one attached hydrogen (secondary N) is 3. The van der Waals surface area contributed by atoms with E-state index < -0.39 is 47.7 Å². The van der Waals surface area contributed by atoms with Gasteiger partial charge in [-0.2, -0.15) is 0 Å². The zero-order chi connectivity index (χ0) is 29.3. The highest BCUT2D eigenvalue weighted by Gasteiger charge is 2.35. The van der Waals surface area contributed by atoms with Crippen LogP contribution in [0.1, 0.15) is 46.1 Å². The van der Waals surface area contributed by atoms with Crippen molar-refractivity contribution in [3.05, 3.63) is 48.0 Å². The lowest BCUT2D eigenvalue weighted by Crippen LogP contribution is -2.57. The van der Waals surface area contributed by atoms with Crippen LogP contribution in [0.5, 0.6) is 0 Å². The minimum atomic E-state index is -1.36. The Morgan fingerprint density at radius 2 is 1.51 bits per heavy atom. The van der Waals surface area contributed by atoms with Gasteiger partial charge in [-0.25, -0.2) is 4.79 Å². The summed E-state index contributed by atoms with van der Waals surface area (Å²) in [6.07, 6.45) is -0.502. The minimum absolute atomic E-state index is 0.00144. The highest BCUT2D eigenvalue weighted by atomic mass is 16.4. The minimum Gasteiger partial charge on any atom is -0.465 e. The zero-order valence-corrected chi connectivity index (χ0v) is 23.5. The highest BCUT2D eigenvalue weighted by Crippen LogP contribution is 2.17. The fourth-order valence-corrected chi connectivity index (χ4v) is 4.29. The van der Waals surface area contributed by atoms with E-state index in [9.17, 15) is 24.0 Å². The molecule has 0 radical (unpaired) electrons. The smallest absolute Gasteiger partial charge is 0.405 e. The van der Waals surface area contributed by atoms with Crippen molar-refractivity contribution in [2.45, 2.75) is 65.1 Å². The van der Waals surface area contributed by atoms with E-state index in [1.165, 1.54) is 4.90 Å². The molecule has 0 heterocycles. The molecular formula is C29H40N4O6. The largest absolute Gasteiger partial charge is 0.465 e. The molecule has 0 bridgehead atoms. The second kappa shape index (κ2) is 14.3. The number of hydrogen-bond acceptors (Lipinski definition) is 5. The fraction of sp³-hybridized carbons (Fsp3) is 0.483. The summed E-state index contributed by atoms with van der Waals surface area (Å²) >= 11 is 0. The monoisotopic (exact) mass is 540 g/mol. The molecule has 2 rings (SSSR count). The van der Waals surface area contributed by atoms with Crippen LogP contribution in [-0.4, -0.2) is 71.8 Å². The number of amides is 4. The average Bonchev–Trinajstić information content (AvgIpc) is 2.88. The van der Waals surface area contributed by atoms with E-state index in [0.717, 1.165) is 16.3 Å². The molecule has 212 valence electrons. The predicted molar refractivity (Wildman–Crippen MR) is 149 cm³/mol. The Balaban J connectivity index is 2.26. The van der Waals surface area contributed by atoms with E-state index in [1.54, 1.807) is 21.0 Å². The first-order chi connectivity index (χ1) is 18.3. The topological polar surface area (TPSA) is 145 Å². The molecule has 4 N–H and O–H groups in total. The number of fused-ring (bicyclic) bond motifs is 1. The van der Waals surface area contributed by atoms with Gasteiger partial charge >= 0.3 is 6.09 Å². The maximum Gasteiger partial charge on any atom is 0.405 e. The third kappa shape index (κ3) is 9.08. The molecule has 0 aliphatic heterocycles. The number of carbonyl (C=O) groups excluding carboxylic acids is 4. The van der Waals surface area contributed by atoms with Gasteiger partial charge in [0, 0.05) is 20.5 Å². The summed E-state index contributed by atoms with van der Waals surface area (Å²) in [7, 11) is 3.13. The Morgan fingerprint density at radius 1 is 0.872 bits per heavy atom. The van der Waals surface area contributed by atoms with Gasteiger partial charge in [0.2, 0.25) is 17.6 Å². The van der Waals surface area contributed by atoms with Gasteiger partial charge in [0.25, 0.3) is 5.91 Å². The molecule has 10 nitrogen and oxygen atoms in total. The molecule has 10 heteroatoms. The van der Waals surface area contributed by atoms with Crippen LogP contribution < -0.4 is 16.0 Å². The lowest BCUT2D eigenvalue weighted by atomic mass is 9.93. The van der Waals surface area contributed by atoms with Crippen molar-refractivity contribution in [2.75, 3.05) is 14.1 Å². The van der Waals surface area contributed by atoms with Crippen LogP contribution in [0.4, 0.5) is 4.79 Å². The molecule has 4 amide bonds. The van der Waals surface area contributed by atoms with Crippen LogP contribution in [0.15, 0.2) is 42.5 Å². The van der Waals surface area contributed by atoms with Crippen LogP contribution >= 0.6 is 0 Å². The third-order valence-electron chi connectivity index (χ3n) is 6.64. The molecule has 0 spiro atoms. The summed E-state index contributed by atoms with van der Waals surface area (Å²) in [6, 6.07) is 10.2.